The summed E-state index contributed by atoms with van der Waals surface area (Å²) in [6.45, 7) is 6.19. The minimum absolute atomic E-state index is 0. The van der Waals surface area contributed by atoms with E-state index in [4.69, 9.17) is 0 Å². The minimum Gasteiger partial charge on any atom is -0.317 e. The van der Waals surface area contributed by atoms with Crippen LogP contribution in [0, 0.1) is 6.92 Å². The van der Waals surface area contributed by atoms with Gasteiger partial charge in [0.25, 0.3) is 5.56 Å². The van der Waals surface area contributed by atoms with Crippen LogP contribution in [0.1, 0.15) is 31.4 Å². The molecule has 0 atom stereocenters. The van der Waals surface area contributed by atoms with Gasteiger partial charge >= 0.3 is 5.69 Å². The average Bonchev–Trinajstić information content (AvgIpc) is 2.50. The Hall–Kier alpha value is -1.40. The number of rotatable bonds is 2. The van der Waals surface area contributed by atoms with Crippen LogP contribution in [0.3, 0.4) is 0 Å². The van der Waals surface area contributed by atoms with E-state index in [9.17, 15) is 9.59 Å². The molecule has 2 heterocycles. The van der Waals surface area contributed by atoms with Crippen molar-refractivity contribution in [2.24, 2.45) is 0 Å². The molecule has 0 bridgehead atoms. The number of benzene rings is 1. The maximum absolute atomic E-state index is 12.8. The molecule has 0 spiro atoms. The molecule has 2 aromatic rings. The first-order valence-corrected chi connectivity index (χ1v) is 7.60. The normalized spacial score (nSPS) is 15.7. The van der Waals surface area contributed by atoms with Gasteiger partial charge in [0.2, 0.25) is 0 Å². The standard InChI is InChI=1S/C16H21N3O2.BrH/c1-3-18-14-5-4-11(2)10-13(14)15(20)19(16(18)21)12-6-8-17-9-7-12;/h4-5,10,12,17H,3,6-9H2,1-2H3;1H. The van der Waals surface area contributed by atoms with Crippen molar-refractivity contribution in [2.45, 2.75) is 39.3 Å². The van der Waals surface area contributed by atoms with Gasteiger partial charge < -0.3 is 5.32 Å². The number of piperidine rings is 1. The predicted molar refractivity (Wildman–Crippen MR) is 94.3 cm³/mol. The van der Waals surface area contributed by atoms with Gasteiger partial charge in [-0.3, -0.25) is 13.9 Å². The van der Waals surface area contributed by atoms with Crippen LogP contribution in [0.5, 0.6) is 0 Å². The van der Waals surface area contributed by atoms with E-state index >= 15 is 0 Å². The van der Waals surface area contributed by atoms with Crippen molar-refractivity contribution in [2.75, 3.05) is 13.1 Å². The fourth-order valence-electron chi connectivity index (χ4n) is 3.20. The fourth-order valence-corrected chi connectivity index (χ4v) is 3.20. The highest BCUT2D eigenvalue weighted by Gasteiger charge is 2.21. The van der Waals surface area contributed by atoms with Crippen LogP contribution in [0.2, 0.25) is 0 Å². The van der Waals surface area contributed by atoms with E-state index < -0.39 is 0 Å². The zero-order valence-corrected chi connectivity index (χ0v) is 14.7. The number of nitrogens with zero attached hydrogens (tertiary/aromatic N) is 2. The molecule has 120 valence electrons. The average molecular weight is 368 g/mol. The van der Waals surface area contributed by atoms with Gasteiger partial charge in [0, 0.05) is 12.6 Å². The lowest BCUT2D eigenvalue weighted by Crippen LogP contribution is -2.45. The molecule has 0 saturated carbocycles. The summed E-state index contributed by atoms with van der Waals surface area (Å²) in [5.41, 5.74) is 1.46. The molecule has 1 aromatic heterocycles. The van der Waals surface area contributed by atoms with Crippen LogP contribution in [0.4, 0.5) is 0 Å². The number of hydrogen-bond acceptors (Lipinski definition) is 3. The maximum atomic E-state index is 12.8. The summed E-state index contributed by atoms with van der Waals surface area (Å²) in [6, 6.07) is 5.72. The van der Waals surface area contributed by atoms with Gasteiger partial charge in [-0.2, -0.15) is 0 Å². The molecular formula is C16H22BrN3O2. The fraction of sp³-hybridized carbons (Fsp3) is 0.500. The lowest BCUT2D eigenvalue weighted by atomic mass is 10.1. The molecule has 1 fully saturated rings. The van der Waals surface area contributed by atoms with Crippen molar-refractivity contribution >= 4 is 27.9 Å². The van der Waals surface area contributed by atoms with E-state index in [0.29, 0.717) is 11.9 Å². The van der Waals surface area contributed by atoms with Crippen molar-refractivity contribution in [3.05, 3.63) is 44.6 Å². The van der Waals surface area contributed by atoms with E-state index in [0.717, 1.165) is 37.0 Å². The van der Waals surface area contributed by atoms with Crippen molar-refractivity contribution in [3.63, 3.8) is 0 Å². The largest absolute Gasteiger partial charge is 0.331 e. The Morgan fingerprint density at radius 2 is 1.91 bits per heavy atom. The highest BCUT2D eigenvalue weighted by atomic mass is 79.9. The Morgan fingerprint density at radius 3 is 2.55 bits per heavy atom. The Bertz CT molecular complexity index is 788. The molecule has 5 nitrogen and oxygen atoms in total. The number of hydrogen-bond donors (Lipinski definition) is 1. The molecule has 0 amide bonds. The molecule has 1 N–H and O–H groups in total. The lowest BCUT2D eigenvalue weighted by Gasteiger charge is -2.25. The van der Waals surface area contributed by atoms with Crippen LogP contribution < -0.4 is 16.6 Å². The van der Waals surface area contributed by atoms with Crippen LogP contribution in [0.25, 0.3) is 10.9 Å². The van der Waals surface area contributed by atoms with Crippen molar-refractivity contribution in [1.82, 2.24) is 14.5 Å². The molecule has 0 unspecified atom stereocenters. The second-order valence-corrected chi connectivity index (χ2v) is 5.70. The first kappa shape index (κ1) is 17.0. The van der Waals surface area contributed by atoms with Gasteiger partial charge in [-0.25, -0.2) is 4.79 Å². The number of halogens is 1. The van der Waals surface area contributed by atoms with E-state index in [-0.39, 0.29) is 34.3 Å². The van der Waals surface area contributed by atoms with Crippen molar-refractivity contribution in [3.8, 4) is 0 Å². The van der Waals surface area contributed by atoms with E-state index in [1.54, 1.807) is 4.57 Å². The summed E-state index contributed by atoms with van der Waals surface area (Å²) in [7, 11) is 0. The SMILES string of the molecule is Br.CCn1c(=O)n(C2CCNCC2)c(=O)c2cc(C)ccc21. The molecular weight excluding hydrogens is 346 g/mol. The van der Waals surface area contributed by atoms with E-state index in [1.165, 1.54) is 4.57 Å². The zero-order chi connectivity index (χ0) is 15.0. The molecule has 0 radical (unpaired) electrons. The Morgan fingerprint density at radius 1 is 1.23 bits per heavy atom. The van der Waals surface area contributed by atoms with Crippen molar-refractivity contribution in [1.29, 1.82) is 0 Å². The first-order valence-electron chi connectivity index (χ1n) is 7.60. The summed E-state index contributed by atoms with van der Waals surface area (Å²) < 4.78 is 3.18. The first-order chi connectivity index (χ1) is 10.1. The maximum Gasteiger partial charge on any atom is 0.331 e. The van der Waals surface area contributed by atoms with Gasteiger partial charge in [0.15, 0.2) is 0 Å². The summed E-state index contributed by atoms with van der Waals surface area (Å²) in [5.74, 6) is 0. The third-order valence-electron chi connectivity index (χ3n) is 4.32. The highest BCUT2D eigenvalue weighted by Crippen LogP contribution is 2.17. The van der Waals surface area contributed by atoms with Gasteiger partial charge in [0.1, 0.15) is 0 Å². The van der Waals surface area contributed by atoms with Crippen LogP contribution in [-0.2, 0) is 6.54 Å². The molecule has 6 heteroatoms. The molecule has 1 aliphatic heterocycles. The Balaban J connectivity index is 0.00000176. The quantitative estimate of drug-likeness (QED) is 0.882. The highest BCUT2D eigenvalue weighted by molar-refractivity contribution is 8.93. The summed E-state index contributed by atoms with van der Waals surface area (Å²) >= 11 is 0. The van der Waals surface area contributed by atoms with Crippen LogP contribution in [0.15, 0.2) is 27.8 Å². The Kier molecular flexibility index (Phi) is 5.24. The van der Waals surface area contributed by atoms with E-state index in [2.05, 4.69) is 5.32 Å². The molecule has 1 aromatic carbocycles. The van der Waals surface area contributed by atoms with Crippen molar-refractivity contribution < 1.29 is 0 Å². The number of fused-ring (bicyclic) bond motifs is 1. The third-order valence-corrected chi connectivity index (χ3v) is 4.32. The van der Waals surface area contributed by atoms with Gasteiger partial charge in [0.05, 0.1) is 10.9 Å². The topological polar surface area (TPSA) is 56.0 Å². The van der Waals surface area contributed by atoms with Crippen LogP contribution in [-0.4, -0.2) is 22.2 Å². The monoisotopic (exact) mass is 367 g/mol. The third kappa shape index (κ3) is 2.77. The van der Waals surface area contributed by atoms with E-state index in [1.807, 2.05) is 32.0 Å². The molecule has 3 rings (SSSR count). The second kappa shape index (κ2) is 6.79. The molecule has 1 aliphatic rings. The van der Waals surface area contributed by atoms with Crippen LogP contribution >= 0.6 is 17.0 Å². The Labute approximate surface area is 139 Å². The molecule has 1 saturated heterocycles. The minimum atomic E-state index is -0.175. The summed E-state index contributed by atoms with van der Waals surface area (Å²) in [6.07, 6.45) is 1.66. The smallest absolute Gasteiger partial charge is 0.317 e. The number of aromatic nitrogens is 2. The number of aryl methyl sites for hydroxylation is 2. The molecule has 22 heavy (non-hydrogen) atoms. The van der Waals surface area contributed by atoms with Gasteiger partial charge in [-0.1, -0.05) is 11.6 Å². The number of nitrogens with one attached hydrogen (secondary N) is 1. The van der Waals surface area contributed by atoms with Gasteiger partial charge in [-0.15, -0.1) is 17.0 Å². The lowest BCUT2D eigenvalue weighted by molar-refractivity contribution is 0.346. The summed E-state index contributed by atoms with van der Waals surface area (Å²) in [5, 5.41) is 3.92. The zero-order valence-electron chi connectivity index (χ0n) is 13.0. The second-order valence-electron chi connectivity index (χ2n) is 5.70. The summed E-state index contributed by atoms with van der Waals surface area (Å²) in [4.78, 5) is 25.5. The molecule has 0 aliphatic carbocycles. The van der Waals surface area contributed by atoms with Gasteiger partial charge in [-0.05, 0) is 51.9 Å². The predicted octanol–water partition coefficient (Wildman–Crippen LogP) is 1.99.